The van der Waals surface area contributed by atoms with Gasteiger partial charge in [0.05, 0.1) is 0 Å². The van der Waals surface area contributed by atoms with Crippen molar-refractivity contribution >= 4 is 0 Å². The molecule has 0 spiro atoms. The maximum absolute atomic E-state index is 3.58. The van der Waals surface area contributed by atoms with Gasteiger partial charge < -0.3 is 5.32 Å². The summed E-state index contributed by atoms with van der Waals surface area (Å²) in [4.78, 5) is 0. The molecule has 0 aromatic heterocycles. The minimum absolute atomic E-state index is 0.629. The smallest absolute Gasteiger partial charge is 0.00128 e. The van der Waals surface area contributed by atoms with Crippen LogP contribution >= 0.6 is 0 Å². The number of nitrogens with one attached hydrogen (secondary N) is 1. The molecule has 0 aromatic carbocycles. The first-order valence-corrected chi connectivity index (χ1v) is 6.82. The first-order valence-electron chi connectivity index (χ1n) is 6.82. The minimum Gasteiger partial charge on any atom is -0.316 e. The minimum atomic E-state index is 0.629. The van der Waals surface area contributed by atoms with Crippen LogP contribution in [-0.4, -0.2) is 13.1 Å². The Morgan fingerprint density at radius 1 is 1.33 bits per heavy atom. The second-order valence-electron chi connectivity index (χ2n) is 6.46. The van der Waals surface area contributed by atoms with Crippen LogP contribution in [0.3, 0.4) is 0 Å². The lowest BCUT2D eigenvalue weighted by atomic mass is 9.61. The topological polar surface area (TPSA) is 12.0 Å². The Kier molecular flexibility index (Phi) is 3.39. The quantitative estimate of drug-likeness (QED) is 0.750. The van der Waals surface area contributed by atoms with E-state index in [0.717, 1.165) is 17.8 Å². The van der Waals surface area contributed by atoms with Gasteiger partial charge in [0.1, 0.15) is 0 Å². The van der Waals surface area contributed by atoms with Gasteiger partial charge in [0.25, 0.3) is 0 Å². The number of hydrogen-bond acceptors (Lipinski definition) is 1. The van der Waals surface area contributed by atoms with Gasteiger partial charge in [-0.25, -0.2) is 0 Å². The first-order chi connectivity index (χ1) is 7.12. The summed E-state index contributed by atoms with van der Waals surface area (Å²) in [5.74, 6) is 2.80. The average molecular weight is 209 g/mol. The van der Waals surface area contributed by atoms with Crippen LogP contribution < -0.4 is 5.32 Å². The third-order valence-corrected chi connectivity index (χ3v) is 4.92. The van der Waals surface area contributed by atoms with Gasteiger partial charge in [0, 0.05) is 0 Å². The molecule has 2 atom stereocenters. The van der Waals surface area contributed by atoms with Crippen molar-refractivity contribution in [1.29, 1.82) is 0 Å². The highest BCUT2D eigenvalue weighted by molar-refractivity contribution is 4.92. The Bertz CT molecular complexity index is 207. The van der Waals surface area contributed by atoms with E-state index in [9.17, 15) is 0 Å². The van der Waals surface area contributed by atoms with Crippen molar-refractivity contribution in [3.63, 3.8) is 0 Å². The second kappa shape index (κ2) is 4.45. The van der Waals surface area contributed by atoms with Crippen molar-refractivity contribution < 1.29 is 0 Å². The highest BCUT2D eigenvalue weighted by atomic mass is 14.9. The molecule has 2 fully saturated rings. The van der Waals surface area contributed by atoms with Gasteiger partial charge in [-0.05, 0) is 49.1 Å². The Morgan fingerprint density at radius 3 is 2.60 bits per heavy atom. The molecular weight excluding hydrogens is 182 g/mol. The maximum Gasteiger partial charge on any atom is -0.00128 e. The lowest BCUT2D eigenvalue weighted by Crippen LogP contribution is -2.47. The molecule has 0 radical (unpaired) electrons. The van der Waals surface area contributed by atoms with E-state index in [-0.39, 0.29) is 0 Å². The molecule has 1 saturated heterocycles. The SMILES string of the molecule is CC(C)C1CNCCC1(C)CC1CCC1. The number of piperidine rings is 1. The van der Waals surface area contributed by atoms with E-state index in [2.05, 4.69) is 26.1 Å². The summed E-state index contributed by atoms with van der Waals surface area (Å²) < 4.78 is 0. The predicted octanol–water partition coefficient (Wildman–Crippen LogP) is 3.45. The molecule has 2 unspecified atom stereocenters. The molecule has 1 aliphatic carbocycles. The Balaban J connectivity index is 1.99. The third kappa shape index (κ3) is 2.38. The molecule has 1 nitrogen and oxygen atoms in total. The summed E-state index contributed by atoms with van der Waals surface area (Å²) in [7, 11) is 0. The van der Waals surface area contributed by atoms with Crippen molar-refractivity contribution in [3.8, 4) is 0 Å². The van der Waals surface area contributed by atoms with E-state index < -0.39 is 0 Å². The van der Waals surface area contributed by atoms with Crippen molar-refractivity contribution in [3.05, 3.63) is 0 Å². The molecule has 0 amide bonds. The first kappa shape index (κ1) is 11.4. The van der Waals surface area contributed by atoms with Crippen LogP contribution in [0.25, 0.3) is 0 Å². The zero-order valence-electron chi connectivity index (χ0n) is 10.7. The molecule has 0 aromatic rings. The van der Waals surface area contributed by atoms with E-state index in [1.54, 1.807) is 0 Å². The van der Waals surface area contributed by atoms with Crippen molar-refractivity contribution in [2.45, 2.75) is 52.9 Å². The molecule has 0 bridgehead atoms. The summed E-state index contributed by atoms with van der Waals surface area (Å²) in [5, 5.41) is 3.58. The van der Waals surface area contributed by atoms with Crippen LogP contribution in [0.5, 0.6) is 0 Å². The van der Waals surface area contributed by atoms with Gasteiger partial charge in [-0.3, -0.25) is 0 Å². The van der Waals surface area contributed by atoms with Gasteiger partial charge >= 0.3 is 0 Å². The molecular formula is C14H27N. The van der Waals surface area contributed by atoms with E-state index in [1.165, 1.54) is 45.2 Å². The van der Waals surface area contributed by atoms with Gasteiger partial charge in [-0.15, -0.1) is 0 Å². The molecule has 88 valence electrons. The van der Waals surface area contributed by atoms with E-state index in [0.29, 0.717) is 5.41 Å². The van der Waals surface area contributed by atoms with Gasteiger partial charge in [0.15, 0.2) is 0 Å². The van der Waals surface area contributed by atoms with Gasteiger partial charge in [-0.1, -0.05) is 40.0 Å². The lowest BCUT2D eigenvalue weighted by Gasteiger charge is -2.47. The van der Waals surface area contributed by atoms with Crippen LogP contribution in [0, 0.1) is 23.2 Å². The molecule has 1 aliphatic heterocycles. The fourth-order valence-electron chi connectivity index (χ4n) is 3.71. The Hall–Kier alpha value is -0.0400. The van der Waals surface area contributed by atoms with E-state index >= 15 is 0 Å². The van der Waals surface area contributed by atoms with E-state index in [4.69, 9.17) is 0 Å². The highest BCUT2D eigenvalue weighted by Crippen LogP contribution is 2.46. The summed E-state index contributed by atoms with van der Waals surface area (Å²) in [6, 6.07) is 0. The Labute approximate surface area is 95.0 Å². The Morgan fingerprint density at radius 2 is 2.07 bits per heavy atom. The van der Waals surface area contributed by atoms with Gasteiger partial charge in [0.2, 0.25) is 0 Å². The number of rotatable bonds is 3. The van der Waals surface area contributed by atoms with Crippen LogP contribution in [0.1, 0.15) is 52.9 Å². The van der Waals surface area contributed by atoms with Crippen LogP contribution in [-0.2, 0) is 0 Å². The third-order valence-electron chi connectivity index (χ3n) is 4.92. The van der Waals surface area contributed by atoms with Crippen molar-refractivity contribution in [1.82, 2.24) is 5.32 Å². The fourth-order valence-corrected chi connectivity index (χ4v) is 3.71. The largest absolute Gasteiger partial charge is 0.316 e. The zero-order chi connectivity index (χ0) is 10.9. The maximum atomic E-state index is 3.58. The normalized spacial score (nSPS) is 38.0. The van der Waals surface area contributed by atoms with Gasteiger partial charge in [-0.2, -0.15) is 0 Å². The average Bonchev–Trinajstić information content (AvgIpc) is 2.12. The molecule has 2 aliphatic rings. The number of hydrogen-bond donors (Lipinski definition) is 1. The summed E-state index contributed by atoms with van der Waals surface area (Å²) in [6.07, 6.45) is 7.40. The zero-order valence-corrected chi connectivity index (χ0v) is 10.7. The highest BCUT2D eigenvalue weighted by Gasteiger charge is 2.40. The molecule has 1 heterocycles. The molecule has 2 rings (SSSR count). The second-order valence-corrected chi connectivity index (χ2v) is 6.46. The fraction of sp³-hybridized carbons (Fsp3) is 1.00. The van der Waals surface area contributed by atoms with Crippen LogP contribution in [0.2, 0.25) is 0 Å². The lowest BCUT2D eigenvalue weighted by molar-refractivity contribution is 0.0455. The summed E-state index contributed by atoms with van der Waals surface area (Å²) in [6.45, 7) is 9.84. The van der Waals surface area contributed by atoms with Crippen molar-refractivity contribution in [2.75, 3.05) is 13.1 Å². The van der Waals surface area contributed by atoms with Crippen LogP contribution in [0.15, 0.2) is 0 Å². The molecule has 1 heteroatoms. The standard InChI is InChI=1S/C14H27N/c1-11(2)13-10-15-8-7-14(13,3)9-12-5-4-6-12/h11-13,15H,4-10H2,1-3H3. The van der Waals surface area contributed by atoms with E-state index in [1.807, 2.05) is 0 Å². The monoisotopic (exact) mass is 209 g/mol. The summed E-state index contributed by atoms with van der Waals surface area (Å²) >= 11 is 0. The predicted molar refractivity (Wildman–Crippen MR) is 65.9 cm³/mol. The molecule has 1 saturated carbocycles. The van der Waals surface area contributed by atoms with Crippen molar-refractivity contribution in [2.24, 2.45) is 23.2 Å². The molecule has 1 N–H and O–H groups in total. The summed E-state index contributed by atoms with van der Waals surface area (Å²) in [5.41, 5.74) is 0.629. The molecule has 15 heavy (non-hydrogen) atoms. The van der Waals surface area contributed by atoms with Crippen LogP contribution in [0.4, 0.5) is 0 Å².